The van der Waals surface area contributed by atoms with E-state index in [0.29, 0.717) is 19.3 Å². The normalized spacial score (nSPS) is 27.0. The number of carboxylic acid groups (broad SMARTS) is 1. The molecule has 3 rings (SSSR count). The highest BCUT2D eigenvalue weighted by Gasteiger charge is 2.53. The van der Waals surface area contributed by atoms with Crippen LogP contribution in [0.25, 0.3) is 0 Å². The van der Waals surface area contributed by atoms with E-state index in [0.717, 1.165) is 12.1 Å². The van der Waals surface area contributed by atoms with Crippen molar-refractivity contribution in [3.8, 4) is 6.07 Å². The molecule has 6 nitrogen and oxygen atoms in total. The van der Waals surface area contributed by atoms with Gasteiger partial charge in [0, 0.05) is 12.1 Å². The van der Waals surface area contributed by atoms with Crippen molar-refractivity contribution >= 4 is 16.0 Å². The lowest BCUT2D eigenvalue weighted by molar-refractivity contribution is -0.142. The average molecular weight is 338 g/mol. The Morgan fingerprint density at radius 2 is 2.17 bits per heavy atom. The first-order valence-electron chi connectivity index (χ1n) is 7.26. The molecule has 2 heterocycles. The Bertz CT molecular complexity index is 802. The van der Waals surface area contributed by atoms with Gasteiger partial charge in [-0.2, -0.15) is 9.57 Å². The van der Waals surface area contributed by atoms with Gasteiger partial charge in [0.25, 0.3) is 0 Å². The molecule has 1 aromatic carbocycles. The van der Waals surface area contributed by atoms with Gasteiger partial charge in [-0.3, -0.25) is 4.79 Å². The minimum Gasteiger partial charge on any atom is -0.481 e. The van der Waals surface area contributed by atoms with E-state index in [1.807, 2.05) is 0 Å². The van der Waals surface area contributed by atoms with Gasteiger partial charge in [-0.25, -0.2) is 12.8 Å². The quantitative estimate of drug-likeness (QED) is 0.896. The smallest absolute Gasteiger partial charge is 0.308 e. The molecule has 1 aromatic rings. The number of hydrogen-bond donors (Lipinski definition) is 1. The van der Waals surface area contributed by atoms with Crippen LogP contribution in [0.1, 0.15) is 30.4 Å². The predicted molar refractivity (Wildman–Crippen MR) is 78.1 cm³/mol. The van der Waals surface area contributed by atoms with Gasteiger partial charge in [-0.1, -0.05) is 6.07 Å². The molecule has 122 valence electrons. The summed E-state index contributed by atoms with van der Waals surface area (Å²) in [5.41, 5.74) is 0.210. The second-order valence-corrected chi connectivity index (χ2v) is 7.85. The van der Waals surface area contributed by atoms with E-state index >= 15 is 0 Å². The molecule has 0 saturated carbocycles. The van der Waals surface area contributed by atoms with Crippen LogP contribution in [0.4, 0.5) is 4.39 Å². The first-order chi connectivity index (χ1) is 10.8. The number of carbonyl (C=O) groups is 1. The van der Waals surface area contributed by atoms with Crippen LogP contribution in [0, 0.1) is 23.1 Å². The molecule has 2 aliphatic heterocycles. The number of aliphatic carboxylic acids is 1. The summed E-state index contributed by atoms with van der Waals surface area (Å²) in [5, 5.41) is 18.2. The van der Waals surface area contributed by atoms with Crippen molar-refractivity contribution in [3.63, 3.8) is 0 Å². The predicted octanol–water partition coefficient (Wildman–Crippen LogP) is 1.46. The van der Waals surface area contributed by atoms with Crippen molar-refractivity contribution in [1.82, 2.24) is 4.31 Å². The summed E-state index contributed by atoms with van der Waals surface area (Å²) in [6, 6.07) is 4.39. The Balaban J connectivity index is 1.89. The molecule has 0 amide bonds. The monoisotopic (exact) mass is 338 g/mol. The van der Waals surface area contributed by atoms with Gasteiger partial charge < -0.3 is 5.11 Å². The molecule has 23 heavy (non-hydrogen) atoms. The summed E-state index contributed by atoms with van der Waals surface area (Å²) >= 11 is 0. The van der Waals surface area contributed by atoms with E-state index in [1.54, 1.807) is 6.07 Å². The fraction of sp³-hybridized carbons (Fsp3) is 0.467. The third-order valence-corrected chi connectivity index (χ3v) is 6.53. The SMILES string of the molecule is N#Cc1cc(F)ccc1CS(=O)(=O)N1C2CCC1C(C(=O)O)C2. The molecule has 2 fully saturated rings. The van der Waals surface area contributed by atoms with Crippen LogP contribution in [0.15, 0.2) is 18.2 Å². The molecule has 0 spiro atoms. The van der Waals surface area contributed by atoms with Gasteiger partial charge in [0.1, 0.15) is 5.82 Å². The van der Waals surface area contributed by atoms with E-state index in [2.05, 4.69) is 0 Å². The van der Waals surface area contributed by atoms with Crippen molar-refractivity contribution in [2.24, 2.45) is 5.92 Å². The van der Waals surface area contributed by atoms with Crippen molar-refractivity contribution in [2.75, 3.05) is 0 Å². The molecular formula is C15H15FN2O4S. The average Bonchev–Trinajstić information content (AvgIpc) is 3.07. The molecule has 0 aliphatic carbocycles. The Morgan fingerprint density at radius 1 is 1.43 bits per heavy atom. The zero-order valence-corrected chi connectivity index (χ0v) is 13.0. The molecule has 3 unspecified atom stereocenters. The first kappa shape index (κ1) is 15.9. The number of rotatable bonds is 4. The third-order valence-electron chi connectivity index (χ3n) is 4.64. The summed E-state index contributed by atoms with van der Waals surface area (Å²) in [7, 11) is -3.76. The van der Waals surface area contributed by atoms with E-state index in [1.165, 1.54) is 10.4 Å². The maximum absolute atomic E-state index is 13.2. The largest absolute Gasteiger partial charge is 0.481 e. The summed E-state index contributed by atoms with van der Waals surface area (Å²) < 4.78 is 39.9. The molecule has 2 aliphatic rings. The van der Waals surface area contributed by atoms with E-state index in [4.69, 9.17) is 5.26 Å². The highest BCUT2D eigenvalue weighted by atomic mass is 32.2. The van der Waals surface area contributed by atoms with Crippen molar-refractivity contribution < 1.29 is 22.7 Å². The van der Waals surface area contributed by atoms with Gasteiger partial charge >= 0.3 is 5.97 Å². The standard InChI is InChI=1S/C15H15FN2O4S/c16-11-2-1-9(10(5-11)7-17)8-23(21,22)18-12-3-4-14(18)13(6-12)15(19)20/h1-2,5,12-14H,3-4,6,8H2,(H,19,20). The van der Waals surface area contributed by atoms with Crippen LogP contribution in [-0.4, -0.2) is 35.9 Å². The highest BCUT2D eigenvalue weighted by Crippen LogP contribution is 2.44. The van der Waals surface area contributed by atoms with Crippen LogP contribution in [-0.2, 0) is 20.6 Å². The number of hydrogen-bond acceptors (Lipinski definition) is 4. The van der Waals surface area contributed by atoms with Gasteiger partial charge in [0.15, 0.2) is 0 Å². The number of sulfonamides is 1. The summed E-state index contributed by atoms with van der Waals surface area (Å²) in [6.07, 6.45) is 1.52. The molecular weight excluding hydrogens is 323 g/mol. The highest BCUT2D eigenvalue weighted by molar-refractivity contribution is 7.88. The fourth-order valence-corrected chi connectivity index (χ4v) is 5.79. The maximum atomic E-state index is 13.2. The molecule has 3 atom stereocenters. The Labute approximate surface area is 133 Å². The van der Waals surface area contributed by atoms with Crippen molar-refractivity contribution in [2.45, 2.75) is 37.1 Å². The van der Waals surface area contributed by atoms with Crippen LogP contribution in [0.3, 0.4) is 0 Å². The van der Waals surface area contributed by atoms with Crippen LogP contribution in [0.5, 0.6) is 0 Å². The number of carboxylic acids is 1. The molecule has 0 aromatic heterocycles. The van der Waals surface area contributed by atoms with Crippen LogP contribution >= 0.6 is 0 Å². The Kier molecular flexibility index (Phi) is 3.86. The zero-order chi connectivity index (χ0) is 16.8. The summed E-state index contributed by atoms with van der Waals surface area (Å²) in [6.45, 7) is 0. The van der Waals surface area contributed by atoms with Gasteiger partial charge in [0.05, 0.1) is 23.3 Å². The van der Waals surface area contributed by atoms with E-state index in [-0.39, 0.29) is 17.2 Å². The van der Waals surface area contributed by atoms with Crippen LogP contribution < -0.4 is 0 Å². The second kappa shape index (κ2) is 5.58. The number of nitriles is 1. The zero-order valence-electron chi connectivity index (χ0n) is 12.1. The molecule has 2 saturated heterocycles. The van der Waals surface area contributed by atoms with Gasteiger partial charge in [-0.15, -0.1) is 0 Å². The van der Waals surface area contributed by atoms with Gasteiger partial charge in [-0.05, 0) is 37.0 Å². The molecule has 2 bridgehead atoms. The number of halogens is 1. The maximum Gasteiger partial charge on any atom is 0.308 e. The molecule has 1 N–H and O–H groups in total. The van der Waals surface area contributed by atoms with Crippen molar-refractivity contribution in [3.05, 3.63) is 35.1 Å². The lowest BCUT2D eigenvalue weighted by atomic mass is 9.89. The number of benzene rings is 1. The minimum absolute atomic E-state index is 0.0186. The Morgan fingerprint density at radius 3 is 2.78 bits per heavy atom. The fourth-order valence-electron chi connectivity index (χ4n) is 3.69. The third kappa shape index (κ3) is 2.71. The Hall–Kier alpha value is -1.98. The summed E-state index contributed by atoms with van der Waals surface area (Å²) in [5.74, 6) is -2.67. The minimum atomic E-state index is -3.76. The molecule has 0 radical (unpaired) electrons. The van der Waals surface area contributed by atoms with Crippen molar-refractivity contribution in [1.29, 1.82) is 5.26 Å². The van der Waals surface area contributed by atoms with E-state index in [9.17, 15) is 22.7 Å². The lowest BCUT2D eigenvalue weighted by Gasteiger charge is -2.22. The van der Waals surface area contributed by atoms with E-state index < -0.39 is 39.5 Å². The first-order valence-corrected chi connectivity index (χ1v) is 8.87. The lowest BCUT2D eigenvalue weighted by Crippen LogP contribution is -2.38. The van der Waals surface area contributed by atoms with Crippen LogP contribution in [0.2, 0.25) is 0 Å². The summed E-state index contributed by atoms with van der Waals surface area (Å²) in [4.78, 5) is 11.3. The number of fused-ring (bicyclic) bond motifs is 2. The molecule has 8 heteroatoms. The number of nitrogens with zero attached hydrogens (tertiary/aromatic N) is 2. The topological polar surface area (TPSA) is 98.5 Å². The second-order valence-electron chi connectivity index (χ2n) is 5.98. The van der Waals surface area contributed by atoms with Gasteiger partial charge in [0.2, 0.25) is 10.0 Å².